The Kier molecular flexibility index (Phi) is 9.47. The molecule has 11 nitrogen and oxygen atoms in total. The molecule has 2 aliphatic heterocycles. The number of hydrogen-bond acceptors (Lipinski definition) is 8. The van der Waals surface area contributed by atoms with Crippen LogP contribution < -0.4 is 15.4 Å². The molecule has 3 heterocycles. The van der Waals surface area contributed by atoms with Crippen molar-refractivity contribution in [3.63, 3.8) is 0 Å². The number of hydrogen-bond donors (Lipinski definition) is 3. The van der Waals surface area contributed by atoms with E-state index in [2.05, 4.69) is 20.8 Å². The first kappa shape index (κ1) is 31.0. The molecule has 234 valence electrons. The van der Waals surface area contributed by atoms with E-state index in [4.69, 9.17) is 19.1 Å². The average Bonchev–Trinajstić information content (AvgIpc) is 3.51. The minimum absolute atomic E-state index is 0.0646. The van der Waals surface area contributed by atoms with Crippen molar-refractivity contribution in [2.24, 2.45) is 0 Å². The third-order valence-electron chi connectivity index (χ3n) is 7.48. The molecule has 3 aromatic rings. The fraction of sp³-hybridized carbons (Fsp3) is 0.433. The first-order chi connectivity index (χ1) is 21.1. The van der Waals surface area contributed by atoms with E-state index in [1.807, 2.05) is 23.1 Å². The van der Waals surface area contributed by atoms with Gasteiger partial charge in [-0.25, -0.2) is 4.79 Å². The van der Waals surface area contributed by atoms with E-state index < -0.39 is 12.1 Å². The molecule has 3 N–H and O–H groups in total. The summed E-state index contributed by atoms with van der Waals surface area (Å²) in [4.78, 5) is 35.4. The number of piperidine rings is 1. The summed E-state index contributed by atoms with van der Waals surface area (Å²) in [6, 6.07) is 13.2. The van der Waals surface area contributed by atoms with E-state index in [0.29, 0.717) is 47.9 Å². The van der Waals surface area contributed by atoms with Gasteiger partial charge in [-0.15, -0.1) is 10.2 Å². The van der Waals surface area contributed by atoms with Gasteiger partial charge in [-0.2, -0.15) is 13.2 Å². The zero-order chi connectivity index (χ0) is 31.3. The fourth-order valence-corrected chi connectivity index (χ4v) is 4.87. The zero-order valence-electron chi connectivity index (χ0n) is 23.7. The van der Waals surface area contributed by atoms with Crippen LogP contribution in [0.15, 0.2) is 46.9 Å². The summed E-state index contributed by atoms with van der Waals surface area (Å²) in [6.45, 7) is 3.12. The molecule has 1 saturated carbocycles. The lowest BCUT2D eigenvalue weighted by molar-refractivity contribution is -0.192. The van der Waals surface area contributed by atoms with E-state index in [1.165, 1.54) is 0 Å². The van der Waals surface area contributed by atoms with Gasteiger partial charge in [0, 0.05) is 48.2 Å². The van der Waals surface area contributed by atoms with Crippen LogP contribution in [0.5, 0.6) is 11.5 Å². The second-order valence-corrected chi connectivity index (χ2v) is 10.9. The van der Waals surface area contributed by atoms with Crippen LogP contribution >= 0.6 is 0 Å². The highest BCUT2D eigenvalue weighted by Gasteiger charge is 2.38. The Balaban J connectivity index is 0.000000493. The lowest BCUT2D eigenvalue weighted by atomic mass is 9.98. The van der Waals surface area contributed by atoms with Gasteiger partial charge in [-0.1, -0.05) is 6.07 Å². The summed E-state index contributed by atoms with van der Waals surface area (Å²) < 4.78 is 44.1. The van der Waals surface area contributed by atoms with Gasteiger partial charge in [0.05, 0.1) is 0 Å². The number of amides is 2. The van der Waals surface area contributed by atoms with Gasteiger partial charge >= 0.3 is 12.1 Å². The predicted octanol–water partition coefficient (Wildman–Crippen LogP) is 4.64. The van der Waals surface area contributed by atoms with Crippen molar-refractivity contribution in [2.75, 3.05) is 19.6 Å². The lowest BCUT2D eigenvalue weighted by Crippen LogP contribution is -2.26. The first-order valence-electron chi connectivity index (χ1n) is 14.4. The van der Waals surface area contributed by atoms with E-state index in [0.717, 1.165) is 62.9 Å². The van der Waals surface area contributed by atoms with Crippen molar-refractivity contribution in [3.05, 3.63) is 59.5 Å². The van der Waals surface area contributed by atoms with Gasteiger partial charge < -0.3 is 29.8 Å². The Bertz CT molecular complexity index is 1480. The molecule has 3 aliphatic rings. The molecular weight excluding hydrogens is 583 g/mol. The number of carboxylic acid groups (broad SMARTS) is 1. The number of alkyl halides is 3. The predicted molar refractivity (Wildman–Crippen MR) is 150 cm³/mol. The van der Waals surface area contributed by atoms with Crippen molar-refractivity contribution < 1.29 is 41.8 Å². The number of aliphatic carboxylic acids is 1. The number of carbonyl (C=O) groups excluding carboxylic acids is 2. The van der Waals surface area contributed by atoms with Gasteiger partial charge in [0.2, 0.25) is 17.7 Å². The van der Waals surface area contributed by atoms with E-state index >= 15 is 0 Å². The lowest BCUT2D eigenvalue weighted by Gasteiger charge is -2.19. The monoisotopic (exact) mass is 615 g/mol. The number of rotatable bonds is 8. The van der Waals surface area contributed by atoms with E-state index in [-0.39, 0.29) is 17.7 Å². The Morgan fingerprint density at radius 3 is 2.39 bits per heavy atom. The van der Waals surface area contributed by atoms with Crippen LogP contribution in [-0.4, -0.2) is 69.8 Å². The van der Waals surface area contributed by atoms with Crippen LogP contribution in [0.2, 0.25) is 0 Å². The minimum Gasteiger partial charge on any atom is -0.475 e. The number of benzene rings is 2. The minimum atomic E-state index is -5.08. The van der Waals surface area contributed by atoms with Gasteiger partial charge in [0.15, 0.2) is 0 Å². The summed E-state index contributed by atoms with van der Waals surface area (Å²) >= 11 is 0. The largest absolute Gasteiger partial charge is 0.490 e. The number of ether oxygens (including phenoxy) is 1. The number of nitrogens with one attached hydrogen (secondary N) is 2. The third-order valence-corrected chi connectivity index (χ3v) is 7.48. The maximum Gasteiger partial charge on any atom is 0.490 e. The second-order valence-electron chi connectivity index (χ2n) is 10.9. The normalized spacial score (nSPS) is 17.2. The average molecular weight is 616 g/mol. The Labute approximate surface area is 250 Å². The van der Waals surface area contributed by atoms with Crippen LogP contribution in [0.1, 0.15) is 66.3 Å². The summed E-state index contributed by atoms with van der Waals surface area (Å²) in [5, 5.41) is 22.1. The number of aromatic nitrogens is 2. The van der Waals surface area contributed by atoms with Crippen LogP contribution in [-0.2, 0) is 16.1 Å². The Hall–Kier alpha value is -4.46. The van der Waals surface area contributed by atoms with Gasteiger partial charge in [0.1, 0.15) is 11.5 Å². The van der Waals surface area contributed by atoms with Crippen molar-refractivity contribution in [3.8, 4) is 23.0 Å². The molecule has 14 heteroatoms. The SMILES string of the molecule is O=C(NC1CC1)c1ccc(Oc2cc(-c3nnc(C4CCNCC4)o3)ccc2CN2CCCC2=O)cc1.O=C(O)C(F)(F)F. The quantitative estimate of drug-likeness (QED) is 0.330. The molecule has 2 amide bonds. The summed E-state index contributed by atoms with van der Waals surface area (Å²) in [7, 11) is 0. The number of nitrogens with zero attached hydrogens (tertiary/aromatic N) is 3. The molecule has 0 unspecified atom stereocenters. The maximum absolute atomic E-state index is 12.3. The Morgan fingerprint density at radius 1 is 1.07 bits per heavy atom. The Morgan fingerprint density at radius 2 is 1.77 bits per heavy atom. The van der Waals surface area contributed by atoms with Crippen LogP contribution in [0, 0.1) is 0 Å². The topological polar surface area (TPSA) is 147 Å². The highest BCUT2D eigenvalue weighted by molar-refractivity contribution is 5.94. The summed E-state index contributed by atoms with van der Waals surface area (Å²) in [5.41, 5.74) is 2.26. The number of carboxylic acids is 1. The molecular formula is C30H32F3N5O6. The molecule has 0 bridgehead atoms. The van der Waals surface area contributed by atoms with Crippen molar-refractivity contribution in [2.45, 2.75) is 63.2 Å². The van der Waals surface area contributed by atoms with E-state index in [9.17, 15) is 22.8 Å². The molecule has 0 radical (unpaired) electrons. The summed E-state index contributed by atoms with van der Waals surface area (Å²) in [6.07, 6.45) is 0.427. The third kappa shape index (κ3) is 8.13. The van der Waals surface area contributed by atoms with Crippen molar-refractivity contribution >= 4 is 17.8 Å². The molecule has 3 fully saturated rings. The molecule has 44 heavy (non-hydrogen) atoms. The van der Waals surface area contributed by atoms with Crippen LogP contribution in [0.25, 0.3) is 11.5 Å². The second kappa shape index (κ2) is 13.5. The fourth-order valence-electron chi connectivity index (χ4n) is 4.87. The number of likely N-dealkylation sites (tertiary alicyclic amines) is 1. The molecule has 0 atom stereocenters. The molecule has 6 rings (SSSR count). The molecule has 0 spiro atoms. The van der Waals surface area contributed by atoms with Crippen LogP contribution in [0.3, 0.4) is 0 Å². The smallest absolute Gasteiger partial charge is 0.475 e. The summed E-state index contributed by atoms with van der Waals surface area (Å²) in [5.74, 6) is -0.0410. The molecule has 2 aromatic carbocycles. The van der Waals surface area contributed by atoms with Crippen LogP contribution in [0.4, 0.5) is 13.2 Å². The van der Waals surface area contributed by atoms with Gasteiger partial charge in [-0.05, 0) is 81.6 Å². The zero-order valence-corrected chi connectivity index (χ0v) is 23.7. The maximum atomic E-state index is 12.3. The van der Waals surface area contributed by atoms with Crippen molar-refractivity contribution in [1.29, 1.82) is 0 Å². The first-order valence-corrected chi connectivity index (χ1v) is 14.4. The number of carbonyl (C=O) groups is 3. The van der Waals surface area contributed by atoms with Gasteiger partial charge in [0.25, 0.3) is 5.91 Å². The standard InChI is InChI=1S/C28H31N5O4.C2HF3O2/c34-25-2-1-15-33(25)17-21-4-3-20(28-32-31-27(37-28)19-11-13-29-14-12-19)16-24(21)36-23-9-5-18(6-10-23)26(35)30-22-7-8-22;3-2(4,5)1(6)7/h3-6,9-10,16,19,22,29H,1-2,7-8,11-15,17H2,(H,30,35);(H,6,7). The highest BCUT2D eigenvalue weighted by atomic mass is 19.4. The van der Waals surface area contributed by atoms with E-state index in [1.54, 1.807) is 24.3 Å². The molecule has 1 aromatic heterocycles. The molecule has 1 aliphatic carbocycles. The highest BCUT2D eigenvalue weighted by Crippen LogP contribution is 2.34. The van der Waals surface area contributed by atoms with Gasteiger partial charge in [-0.3, -0.25) is 9.59 Å². The number of halogens is 3. The van der Waals surface area contributed by atoms with Crippen molar-refractivity contribution in [1.82, 2.24) is 25.7 Å². The molecule has 2 saturated heterocycles.